The lowest BCUT2D eigenvalue weighted by Crippen LogP contribution is -2.21. The number of sulfonamides is 1. The van der Waals surface area contributed by atoms with Gasteiger partial charge in [0.1, 0.15) is 5.76 Å². The second kappa shape index (κ2) is 10.3. The number of hydrogen-bond donors (Lipinski definition) is 2. The Morgan fingerprint density at radius 2 is 1.65 bits per heavy atom. The van der Waals surface area contributed by atoms with Crippen molar-refractivity contribution in [1.29, 1.82) is 0 Å². The lowest BCUT2D eigenvalue weighted by molar-refractivity contribution is 0.381. The molecule has 2 aliphatic carbocycles. The second-order valence-corrected chi connectivity index (χ2v) is 12.8. The van der Waals surface area contributed by atoms with E-state index < -0.39 is 27.1 Å². The van der Waals surface area contributed by atoms with Crippen LogP contribution < -0.4 is 10.3 Å². The summed E-state index contributed by atoms with van der Waals surface area (Å²) in [5.41, 5.74) is 3.11. The Morgan fingerprint density at radius 1 is 0.975 bits per heavy atom. The first-order valence-corrected chi connectivity index (χ1v) is 15.4. The van der Waals surface area contributed by atoms with Gasteiger partial charge in [-0.15, -0.1) is 0 Å². The van der Waals surface area contributed by atoms with Gasteiger partial charge in [0, 0.05) is 17.0 Å². The number of nitrogens with one attached hydrogen (secondary N) is 1. The third-order valence-corrected chi connectivity index (χ3v) is 9.66. The third kappa shape index (κ3) is 5.18. The largest absolute Gasteiger partial charge is 0.505 e. The highest BCUT2D eigenvalue weighted by molar-refractivity contribution is 7.92. The van der Waals surface area contributed by atoms with E-state index in [0.717, 1.165) is 61.6 Å². The normalized spacial score (nSPS) is 16.0. The Bertz CT molecular complexity index is 1700. The van der Waals surface area contributed by atoms with Gasteiger partial charge in [-0.05, 0) is 86.1 Å². The van der Waals surface area contributed by atoms with E-state index in [1.807, 2.05) is 61.5 Å². The van der Waals surface area contributed by atoms with Crippen LogP contribution in [0.1, 0.15) is 66.9 Å². The van der Waals surface area contributed by atoms with Crippen molar-refractivity contribution in [3.63, 3.8) is 0 Å². The number of aromatic hydroxyl groups is 1. The van der Waals surface area contributed by atoms with Crippen LogP contribution in [0.25, 0.3) is 11.1 Å². The van der Waals surface area contributed by atoms with Gasteiger partial charge in [0.05, 0.1) is 4.90 Å². The average molecular weight is 556 g/mol. The third-order valence-electron chi connectivity index (χ3n) is 8.27. The van der Waals surface area contributed by atoms with Crippen molar-refractivity contribution < 1.29 is 17.9 Å². The highest BCUT2D eigenvalue weighted by Crippen LogP contribution is 2.53. The summed E-state index contributed by atoms with van der Waals surface area (Å²) in [5, 5.41) is 10.9. The predicted octanol–water partition coefficient (Wildman–Crippen LogP) is 7.05. The Labute approximate surface area is 234 Å². The Hall–Kier alpha value is -3.84. The number of benzene rings is 3. The molecule has 4 aromatic rings. The van der Waals surface area contributed by atoms with Crippen LogP contribution in [0.3, 0.4) is 0 Å². The van der Waals surface area contributed by atoms with Gasteiger partial charge in [-0.3, -0.25) is 4.72 Å². The lowest BCUT2D eigenvalue weighted by atomic mass is 9.93. The molecule has 0 spiro atoms. The number of rotatable bonds is 10. The van der Waals surface area contributed by atoms with Crippen LogP contribution in [0, 0.1) is 6.92 Å². The molecule has 2 N–H and O–H groups in total. The van der Waals surface area contributed by atoms with Gasteiger partial charge >= 0.3 is 5.63 Å². The minimum atomic E-state index is -4.23. The molecule has 0 bridgehead atoms. The zero-order valence-corrected chi connectivity index (χ0v) is 23.3. The molecule has 0 unspecified atom stereocenters. The standard InChI is InChI=1S/C33H33NO5S/c1-22-14-17-27(30(29(22)25-15-16-25)24-12-6-3-7-13-24)40(37,38)34-31-26(35)21-28(39-32(31)36)33(19-20-33)18-8-11-23-9-4-2-5-10-23/h2-7,9-10,12-14,17,21,25,34-35H,8,11,15-16,18-20H2,1H3. The lowest BCUT2D eigenvalue weighted by Gasteiger charge is -2.19. The number of hydrogen-bond acceptors (Lipinski definition) is 5. The molecule has 6 nitrogen and oxygen atoms in total. The fourth-order valence-corrected chi connectivity index (χ4v) is 7.11. The molecule has 2 fully saturated rings. The van der Waals surface area contributed by atoms with Crippen molar-refractivity contribution in [2.24, 2.45) is 0 Å². The Balaban J connectivity index is 1.29. The van der Waals surface area contributed by atoms with Crippen molar-refractivity contribution in [3.8, 4) is 16.9 Å². The summed E-state index contributed by atoms with van der Waals surface area (Å²) in [5.74, 6) is 0.307. The maximum atomic E-state index is 13.8. The Morgan fingerprint density at radius 3 is 2.27 bits per heavy atom. The highest BCUT2D eigenvalue weighted by atomic mass is 32.2. The summed E-state index contributed by atoms with van der Waals surface area (Å²) >= 11 is 0. The molecule has 0 atom stereocenters. The van der Waals surface area contributed by atoms with Gasteiger partial charge < -0.3 is 9.52 Å². The second-order valence-electron chi connectivity index (χ2n) is 11.2. The van der Waals surface area contributed by atoms with Crippen molar-refractivity contribution in [2.75, 3.05) is 4.72 Å². The van der Waals surface area contributed by atoms with Gasteiger partial charge in [0.25, 0.3) is 10.0 Å². The number of aryl methyl sites for hydroxylation is 2. The molecule has 3 aromatic carbocycles. The topological polar surface area (TPSA) is 96.6 Å². The molecular weight excluding hydrogens is 522 g/mol. The quantitative estimate of drug-likeness (QED) is 0.218. The van der Waals surface area contributed by atoms with Gasteiger partial charge in [0.15, 0.2) is 11.4 Å². The minimum Gasteiger partial charge on any atom is -0.505 e. The monoisotopic (exact) mass is 555 g/mol. The first-order valence-electron chi connectivity index (χ1n) is 13.9. The molecule has 0 saturated heterocycles. The van der Waals surface area contributed by atoms with E-state index in [1.54, 1.807) is 6.07 Å². The van der Waals surface area contributed by atoms with Crippen molar-refractivity contribution in [3.05, 3.63) is 112 Å². The zero-order valence-electron chi connectivity index (χ0n) is 22.5. The van der Waals surface area contributed by atoms with E-state index in [1.165, 1.54) is 11.6 Å². The smallest absolute Gasteiger partial charge is 0.364 e. The van der Waals surface area contributed by atoms with Crippen molar-refractivity contribution >= 4 is 15.7 Å². The molecule has 2 aliphatic rings. The van der Waals surface area contributed by atoms with Gasteiger partial charge in [-0.25, -0.2) is 13.2 Å². The van der Waals surface area contributed by atoms with Gasteiger partial charge in [-0.2, -0.15) is 0 Å². The zero-order chi connectivity index (χ0) is 27.9. The predicted molar refractivity (Wildman–Crippen MR) is 156 cm³/mol. The Kier molecular flexibility index (Phi) is 6.78. The van der Waals surface area contributed by atoms with E-state index in [4.69, 9.17) is 4.42 Å². The first kappa shape index (κ1) is 26.4. The van der Waals surface area contributed by atoms with Crippen LogP contribution in [-0.2, 0) is 21.9 Å². The van der Waals surface area contributed by atoms with Gasteiger partial charge in [0.2, 0.25) is 0 Å². The molecule has 0 amide bonds. The van der Waals surface area contributed by atoms with E-state index in [9.17, 15) is 18.3 Å². The van der Waals surface area contributed by atoms with Crippen LogP contribution in [-0.4, -0.2) is 13.5 Å². The van der Waals surface area contributed by atoms with Crippen LogP contribution >= 0.6 is 0 Å². The van der Waals surface area contributed by atoms with E-state index in [2.05, 4.69) is 16.9 Å². The highest BCUT2D eigenvalue weighted by Gasteiger charge is 2.46. The summed E-state index contributed by atoms with van der Waals surface area (Å²) < 4.78 is 35.6. The van der Waals surface area contributed by atoms with Crippen LogP contribution in [0.15, 0.2) is 93.0 Å². The maximum absolute atomic E-state index is 13.8. The maximum Gasteiger partial charge on any atom is 0.364 e. The van der Waals surface area contributed by atoms with E-state index in [-0.39, 0.29) is 10.3 Å². The van der Waals surface area contributed by atoms with Crippen LogP contribution in [0.4, 0.5) is 5.69 Å². The fourth-order valence-electron chi connectivity index (χ4n) is 5.80. The molecule has 7 heteroatoms. The minimum absolute atomic E-state index is 0.0775. The average Bonchev–Trinajstić information content (AvgIpc) is 3.88. The molecular formula is C33H33NO5S. The molecule has 0 radical (unpaired) electrons. The van der Waals surface area contributed by atoms with Crippen molar-refractivity contribution in [2.45, 2.75) is 68.1 Å². The van der Waals surface area contributed by atoms with Crippen LogP contribution in [0.5, 0.6) is 5.75 Å². The molecule has 0 aliphatic heterocycles. The summed E-state index contributed by atoms with van der Waals surface area (Å²) in [7, 11) is -4.23. The SMILES string of the molecule is Cc1ccc(S(=O)(=O)Nc2c(O)cc(C3(CCCc4ccccc4)CC3)oc2=O)c(-c2ccccc2)c1C1CC1. The molecule has 206 valence electrons. The van der Waals surface area contributed by atoms with E-state index >= 15 is 0 Å². The van der Waals surface area contributed by atoms with Crippen LogP contribution in [0.2, 0.25) is 0 Å². The first-order chi connectivity index (χ1) is 19.3. The molecule has 1 aromatic heterocycles. The summed E-state index contributed by atoms with van der Waals surface area (Å²) in [6.45, 7) is 2.00. The molecule has 6 rings (SSSR count). The van der Waals surface area contributed by atoms with Crippen molar-refractivity contribution in [1.82, 2.24) is 0 Å². The van der Waals surface area contributed by atoms with E-state index in [0.29, 0.717) is 17.2 Å². The fraction of sp³-hybridized carbons (Fsp3) is 0.303. The summed E-state index contributed by atoms with van der Waals surface area (Å²) in [6.07, 6.45) is 6.41. The summed E-state index contributed by atoms with van der Waals surface area (Å²) in [6, 6.07) is 24.5. The number of anilines is 1. The molecule has 40 heavy (non-hydrogen) atoms. The molecule has 1 heterocycles. The molecule has 2 saturated carbocycles. The van der Waals surface area contributed by atoms with Gasteiger partial charge in [-0.1, -0.05) is 66.7 Å². The summed E-state index contributed by atoms with van der Waals surface area (Å²) in [4.78, 5) is 13.2.